The van der Waals surface area contributed by atoms with E-state index in [-0.39, 0.29) is 18.4 Å². The molecule has 1 N–H and O–H groups in total. The van der Waals surface area contributed by atoms with Gasteiger partial charge in [0, 0.05) is 44.5 Å². The number of pyridine rings is 1. The number of carbonyl (C=O) groups excluding carboxylic acids is 2. The fraction of sp³-hybridized carbons (Fsp3) is 0.231. The summed E-state index contributed by atoms with van der Waals surface area (Å²) < 4.78 is 1.99. The molecule has 2 amide bonds. The summed E-state index contributed by atoms with van der Waals surface area (Å²) in [5.41, 5.74) is 3.49. The Morgan fingerprint density at radius 1 is 0.970 bits per heavy atom. The van der Waals surface area contributed by atoms with Crippen molar-refractivity contribution in [3.8, 4) is 0 Å². The lowest BCUT2D eigenvalue weighted by molar-refractivity contribution is -0.131. The van der Waals surface area contributed by atoms with E-state index in [4.69, 9.17) is 4.98 Å². The van der Waals surface area contributed by atoms with E-state index in [1.165, 1.54) is 0 Å². The maximum absolute atomic E-state index is 13.0. The highest BCUT2D eigenvalue weighted by Gasteiger charge is 2.16. The van der Waals surface area contributed by atoms with Gasteiger partial charge < -0.3 is 14.8 Å². The molecule has 0 atom stereocenters. The number of imidazole rings is 1. The summed E-state index contributed by atoms with van der Waals surface area (Å²) in [7, 11) is 1.82. The highest BCUT2D eigenvalue weighted by atomic mass is 16.2. The number of fused-ring (bicyclic) bond motifs is 1. The monoisotopic (exact) mass is 441 g/mol. The summed E-state index contributed by atoms with van der Waals surface area (Å²) in [5, 5.41) is 2.93. The molecular weight excluding hydrogens is 414 g/mol. The third-order valence-corrected chi connectivity index (χ3v) is 5.52. The van der Waals surface area contributed by atoms with Crippen molar-refractivity contribution < 1.29 is 9.59 Å². The molecule has 0 aliphatic heterocycles. The van der Waals surface area contributed by atoms with Gasteiger partial charge >= 0.3 is 0 Å². The molecule has 2 aromatic carbocycles. The zero-order valence-electron chi connectivity index (χ0n) is 18.6. The number of benzene rings is 2. The molecule has 2 heterocycles. The van der Waals surface area contributed by atoms with Crippen molar-refractivity contribution in [3.63, 3.8) is 0 Å². The van der Waals surface area contributed by atoms with Gasteiger partial charge in [0.15, 0.2) is 0 Å². The van der Waals surface area contributed by atoms with Crippen molar-refractivity contribution in [2.45, 2.75) is 25.9 Å². The summed E-state index contributed by atoms with van der Waals surface area (Å²) >= 11 is 0. The zero-order chi connectivity index (χ0) is 23.0. The summed E-state index contributed by atoms with van der Waals surface area (Å²) in [6.45, 7) is 1.30. The first-order valence-corrected chi connectivity index (χ1v) is 11.0. The number of amides is 2. The molecule has 7 nitrogen and oxygen atoms in total. The molecule has 0 aliphatic carbocycles. The molecule has 2 aromatic heterocycles. The van der Waals surface area contributed by atoms with Crippen LogP contribution in [0.1, 0.15) is 28.2 Å². The molecule has 0 aliphatic rings. The van der Waals surface area contributed by atoms with Gasteiger partial charge in [-0.05, 0) is 36.2 Å². The maximum atomic E-state index is 13.0. The summed E-state index contributed by atoms with van der Waals surface area (Å²) in [4.78, 5) is 35.7. The Hall–Kier alpha value is -4.00. The molecule has 0 unspecified atom stereocenters. The van der Waals surface area contributed by atoms with Crippen LogP contribution in [0.4, 0.5) is 0 Å². The first kappa shape index (κ1) is 22.2. The molecule has 7 heteroatoms. The second-order valence-electron chi connectivity index (χ2n) is 7.93. The SMILES string of the molecule is CN(Cc1ccccc1)C(=O)Cn1c(CCCNC(=O)c2ccncc2)nc2ccccc21. The predicted molar refractivity (Wildman–Crippen MR) is 128 cm³/mol. The number of carbonyl (C=O) groups is 2. The van der Waals surface area contributed by atoms with Gasteiger partial charge in [-0.25, -0.2) is 4.98 Å². The van der Waals surface area contributed by atoms with Crippen molar-refractivity contribution in [3.05, 3.63) is 96.1 Å². The lowest BCUT2D eigenvalue weighted by atomic mass is 10.2. The van der Waals surface area contributed by atoms with Crippen LogP contribution in [0.25, 0.3) is 11.0 Å². The molecule has 0 bridgehead atoms. The van der Waals surface area contributed by atoms with Crippen LogP contribution in [-0.4, -0.2) is 44.8 Å². The Labute approximate surface area is 193 Å². The maximum Gasteiger partial charge on any atom is 0.251 e. The second-order valence-corrected chi connectivity index (χ2v) is 7.93. The highest BCUT2D eigenvalue weighted by molar-refractivity contribution is 5.93. The third-order valence-electron chi connectivity index (χ3n) is 5.52. The average Bonchev–Trinajstić information content (AvgIpc) is 3.20. The Kier molecular flexibility index (Phi) is 7.09. The van der Waals surface area contributed by atoms with Crippen molar-refractivity contribution in [2.75, 3.05) is 13.6 Å². The van der Waals surface area contributed by atoms with Crippen molar-refractivity contribution in [2.24, 2.45) is 0 Å². The van der Waals surface area contributed by atoms with Crippen LogP contribution in [-0.2, 0) is 24.3 Å². The number of nitrogens with one attached hydrogen (secondary N) is 1. The first-order chi connectivity index (χ1) is 16.1. The first-order valence-electron chi connectivity index (χ1n) is 11.0. The quantitative estimate of drug-likeness (QED) is 0.404. The Morgan fingerprint density at radius 2 is 1.70 bits per heavy atom. The molecule has 0 spiro atoms. The Morgan fingerprint density at radius 3 is 2.48 bits per heavy atom. The molecule has 33 heavy (non-hydrogen) atoms. The van der Waals surface area contributed by atoms with Crippen LogP contribution in [0.5, 0.6) is 0 Å². The van der Waals surface area contributed by atoms with E-state index in [1.54, 1.807) is 29.4 Å². The minimum Gasteiger partial charge on any atom is -0.352 e. The molecule has 4 rings (SSSR count). The van der Waals surface area contributed by atoms with Gasteiger partial charge in [-0.2, -0.15) is 0 Å². The summed E-state index contributed by atoms with van der Waals surface area (Å²) in [6, 6.07) is 21.2. The van der Waals surface area contributed by atoms with Crippen LogP contribution in [0.15, 0.2) is 79.1 Å². The molecule has 4 aromatic rings. The van der Waals surface area contributed by atoms with E-state index < -0.39 is 0 Å². The number of nitrogens with zero attached hydrogens (tertiary/aromatic N) is 4. The Bertz CT molecular complexity index is 1220. The molecule has 0 radical (unpaired) electrons. The normalized spacial score (nSPS) is 10.8. The van der Waals surface area contributed by atoms with E-state index in [1.807, 2.05) is 66.2 Å². The van der Waals surface area contributed by atoms with Crippen molar-refractivity contribution >= 4 is 22.8 Å². The van der Waals surface area contributed by atoms with Gasteiger partial charge in [-0.1, -0.05) is 42.5 Å². The molecule has 0 saturated carbocycles. The van der Waals surface area contributed by atoms with Crippen LogP contribution >= 0.6 is 0 Å². The molecule has 0 fully saturated rings. The van der Waals surface area contributed by atoms with Crippen LogP contribution in [0, 0.1) is 0 Å². The number of hydrogen-bond acceptors (Lipinski definition) is 4. The summed E-state index contributed by atoms with van der Waals surface area (Å²) in [5.74, 6) is 0.744. The van der Waals surface area contributed by atoms with E-state index >= 15 is 0 Å². The smallest absolute Gasteiger partial charge is 0.251 e. The van der Waals surface area contributed by atoms with E-state index in [0.717, 1.165) is 22.4 Å². The summed E-state index contributed by atoms with van der Waals surface area (Å²) in [6.07, 6.45) is 4.57. The molecular formula is C26H27N5O2. The highest BCUT2D eigenvalue weighted by Crippen LogP contribution is 2.18. The lowest BCUT2D eigenvalue weighted by Gasteiger charge is -2.19. The van der Waals surface area contributed by atoms with Crippen molar-refractivity contribution in [1.29, 1.82) is 0 Å². The topological polar surface area (TPSA) is 80.1 Å². The fourth-order valence-electron chi connectivity index (χ4n) is 3.75. The van der Waals surface area contributed by atoms with Crippen LogP contribution < -0.4 is 5.32 Å². The second kappa shape index (κ2) is 10.5. The minimum absolute atomic E-state index is 0.0224. The standard InChI is InChI=1S/C26H27N5O2/c1-30(18-20-8-3-2-4-9-20)25(32)19-31-23-11-6-5-10-22(23)29-24(31)12-7-15-28-26(33)21-13-16-27-17-14-21/h2-6,8-11,13-14,16-17H,7,12,15,18-19H2,1H3,(H,28,33). The number of rotatable bonds is 9. The predicted octanol–water partition coefficient (Wildman–Crippen LogP) is 3.45. The molecule has 0 saturated heterocycles. The average molecular weight is 442 g/mol. The van der Waals surface area contributed by atoms with E-state index in [2.05, 4.69) is 10.3 Å². The van der Waals surface area contributed by atoms with Gasteiger partial charge in [-0.15, -0.1) is 0 Å². The number of aryl methyl sites for hydroxylation is 1. The zero-order valence-corrected chi connectivity index (χ0v) is 18.6. The van der Waals surface area contributed by atoms with Gasteiger partial charge in [0.2, 0.25) is 5.91 Å². The third kappa shape index (κ3) is 5.63. The van der Waals surface area contributed by atoms with E-state index in [9.17, 15) is 9.59 Å². The van der Waals surface area contributed by atoms with Gasteiger partial charge in [0.25, 0.3) is 5.91 Å². The number of likely N-dealkylation sites (N-methyl/N-ethyl adjacent to an activating group) is 1. The Balaban J connectivity index is 1.41. The van der Waals surface area contributed by atoms with Crippen LogP contribution in [0.3, 0.4) is 0 Å². The van der Waals surface area contributed by atoms with Crippen molar-refractivity contribution in [1.82, 2.24) is 24.8 Å². The largest absolute Gasteiger partial charge is 0.352 e. The molecule has 168 valence electrons. The number of hydrogen-bond donors (Lipinski definition) is 1. The number of para-hydroxylation sites is 2. The van der Waals surface area contributed by atoms with Gasteiger partial charge in [0.05, 0.1) is 11.0 Å². The fourth-order valence-corrected chi connectivity index (χ4v) is 3.75. The van der Waals surface area contributed by atoms with Gasteiger partial charge in [-0.3, -0.25) is 14.6 Å². The lowest BCUT2D eigenvalue weighted by Crippen LogP contribution is -2.30. The minimum atomic E-state index is -0.122. The van der Waals surface area contributed by atoms with E-state index in [0.29, 0.717) is 31.5 Å². The van der Waals surface area contributed by atoms with Crippen LogP contribution in [0.2, 0.25) is 0 Å². The van der Waals surface area contributed by atoms with Gasteiger partial charge in [0.1, 0.15) is 12.4 Å². The number of aromatic nitrogens is 3.